The van der Waals surface area contributed by atoms with E-state index >= 15 is 0 Å². The van der Waals surface area contributed by atoms with Gasteiger partial charge >= 0.3 is 0 Å². The SMILES string of the molecule is CC1(C)CC1N1C(=O)C2(CCCC2)NC1c1cccs1. The maximum atomic E-state index is 13.1. The van der Waals surface area contributed by atoms with Crippen molar-refractivity contribution >= 4 is 17.2 Å². The molecule has 2 aliphatic carbocycles. The molecule has 2 saturated carbocycles. The highest BCUT2D eigenvalue weighted by molar-refractivity contribution is 7.10. The summed E-state index contributed by atoms with van der Waals surface area (Å²) in [5, 5.41) is 5.82. The smallest absolute Gasteiger partial charge is 0.244 e. The fourth-order valence-electron chi connectivity index (χ4n) is 3.98. The number of carbonyl (C=O) groups is 1. The minimum Gasteiger partial charge on any atom is -0.317 e. The lowest BCUT2D eigenvalue weighted by Crippen LogP contribution is -2.44. The Bertz CT molecular complexity index is 531. The van der Waals surface area contributed by atoms with Crippen molar-refractivity contribution in [3.05, 3.63) is 22.4 Å². The van der Waals surface area contributed by atoms with Crippen LogP contribution in [-0.2, 0) is 4.79 Å². The van der Waals surface area contributed by atoms with Crippen LogP contribution in [0.25, 0.3) is 0 Å². The van der Waals surface area contributed by atoms with E-state index in [4.69, 9.17) is 0 Å². The molecule has 1 aliphatic heterocycles. The Kier molecular flexibility index (Phi) is 2.62. The first-order chi connectivity index (χ1) is 9.54. The van der Waals surface area contributed by atoms with Crippen LogP contribution >= 0.6 is 11.3 Å². The zero-order valence-electron chi connectivity index (χ0n) is 12.2. The monoisotopic (exact) mass is 290 g/mol. The van der Waals surface area contributed by atoms with Gasteiger partial charge in [-0.3, -0.25) is 10.1 Å². The van der Waals surface area contributed by atoms with E-state index in [2.05, 4.69) is 41.6 Å². The van der Waals surface area contributed by atoms with Gasteiger partial charge in [-0.2, -0.15) is 0 Å². The zero-order chi connectivity index (χ0) is 14.0. The van der Waals surface area contributed by atoms with E-state index in [0.717, 1.165) is 19.3 Å². The summed E-state index contributed by atoms with van der Waals surface area (Å²) >= 11 is 1.76. The summed E-state index contributed by atoms with van der Waals surface area (Å²) in [4.78, 5) is 16.5. The fourth-order valence-corrected chi connectivity index (χ4v) is 4.76. The molecule has 4 rings (SSSR count). The highest BCUT2D eigenvalue weighted by atomic mass is 32.1. The summed E-state index contributed by atoms with van der Waals surface area (Å²) < 4.78 is 0. The van der Waals surface area contributed by atoms with Crippen LogP contribution in [0.5, 0.6) is 0 Å². The van der Waals surface area contributed by atoms with Crippen molar-refractivity contribution in [2.24, 2.45) is 5.41 Å². The van der Waals surface area contributed by atoms with Gasteiger partial charge in [0.1, 0.15) is 6.17 Å². The molecule has 3 aliphatic rings. The van der Waals surface area contributed by atoms with Crippen molar-refractivity contribution in [3.8, 4) is 0 Å². The van der Waals surface area contributed by atoms with Crippen LogP contribution in [0.1, 0.15) is 57.0 Å². The van der Waals surface area contributed by atoms with Crippen LogP contribution in [0, 0.1) is 5.41 Å². The molecule has 1 amide bonds. The Morgan fingerprint density at radius 1 is 1.35 bits per heavy atom. The van der Waals surface area contributed by atoms with Crippen molar-refractivity contribution in [1.29, 1.82) is 0 Å². The van der Waals surface area contributed by atoms with E-state index in [1.54, 1.807) is 11.3 Å². The fraction of sp³-hybridized carbons (Fsp3) is 0.688. The lowest BCUT2D eigenvalue weighted by Gasteiger charge is -2.25. The molecule has 108 valence electrons. The second-order valence-electron chi connectivity index (χ2n) is 7.27. The molecule has 20 heavy (non-hydrogen) atoms. The number of rotatable bonds is 2. The summed E-state index contributed by atoms with van der Waals surface area (Å²) in [7, 11) is 0. The average Bonchev–Trinajstić information content (AvgIpc) is 2.94. The quantitative estimate of drug-likeness (QED) is 0.906. The van der Waals surface area contributed by atoms with Crippen molar-refractivity contribution < 1.29 is 4.79 Å². The molecule has 1 N–H and O–H groups in total. The molecule has 2 atom stereocenters. The first-order valence-corrected chi connectivity index (χ1v) is 8.55. The van der Waals surface area contributed by atoms with Crippen molar-refractivity contribution in [1.82, 2.24) is 10.2 Å². The summed E-state index contributed by atoms with van der Waals surface area (Å²) in [5.41, 5.74) is 0.0321. The first-order valence-electron chi connectivity index (χ1n) is 7.67. The number of amides is 1. The third-order valence-corrected chi connectivity index (χ3v) is 6.33. The highest BCUT2D eigenvalue weighted by Gasteiger charge is 2.61. The second kappa shape index (κ2) is 4.08. The zero-order valence-corrected chi connectivity index (χ0v) is 13.0. The maximum Gasteiger partial charge on any atom is 0.244 e. The average molecular weight is 290 g/mol. The highest BCUT2D eigenvalue weighted by Crippen LogP contribution is 2.54. The number of carbonyl (C=O) groups excluding carboxylic acids is 1. The summed E-state index contributed by atoms with van der Waals surface area (Å²) in [6.07, 6.45) is 5.62. The molecule has 3 nitrogen and oxygen atoms in total. The molecular formula is C16H22N2OS. The molecule has 1 saturated heterocycles. The van der Waals surface area contributed by atoms with Gasteiger partial charge in [0.15, 0.2) is 0 Å². The summed E-state index contributed by atoms with van der Waals surface area (Å²) in [6, 6.07) is 4.66. The standard InChI is InChI=1S/C16H22N2OS/c1-15(2)10-12(15)18-13(11-6-5-9-20-11)17-16(14(18)19)7-3-4-8-16/h5-6,9,12-13,17H,3-4,7-8,10H2,1-2H3. The third-order valence-electron chi connectivity index (χ3n) is 5.40. The molecule has 3 fully saturated rings. The Morgan fingerprint density at radius 3 is 2.60 bits per heavy atom. The van der Waals surface area contributed by atoms with Gasteiger partial charge in [0.25, 0.3) is 0 Å². The van der Waals surface area contributed by atoms with Crippen molar-refractivity contribution in [2.45, 2.75) is 63.7 Å². The van der Waals surface area contributed by atoms with Gasteiger partial charge in [-0.15, -0.1) is 11.3 Å². The predicted octanol–water partition coefficient (Wildman–Crippen LogP) is 3.29. The van der Waals surface area contributed by atoms with Gasteiger partial charge in [-0.1, -0.05) is 32.8 Å². The van der Waals surface area contributed by atoms with Crippen LogP contribution in [0.15, 0.2) is 17.5 Å². The van der Waals surface area contributed by atoms with Crippen LogP contribution in [0.4, 0.5) is 0 Å². The number of hydrogen-bond donors (Lipinski definition) is 1. The van der Waals surface area contributed by atoms with Crippen LogP contribution in [0.3, 0.4) is 0 Å². The molecule has 4 heteroatoms. The predicted molar refractivity (Wildman–Crippen MR) is 80.4 cm³/mol. The molecule has 0 aromatic carbocycles. The molecule has 1 aromatic rings. The number of nitrogens with one attached hydrogen (secondary N) is 1. The Hall–Kier alpha value is -0.870. The van der Waals surface area contributed by atoms with E-state index in [1.807, 2.05) is 0 Å². The minimum atomic E-state index is -0.257. The van der Waals surface area contributed by atoms with E-state index in [1.165, 1.54) is 17.7 Å². The number of hydrogen-bond acceptors (Lipinski definition) is 3. The number of thiophene rings is 1. The van der Waals surface area contributed by atoms with E-state index in [0.29, 0.717) is 11.9 Å². The molecule has 0 bridgehead atoms. The van der Waals surface area contributed by atoms with Gasteiger partial charge < -0.3 is 4.90 Å². The lowest BCUT2D eigenvalue weighted by atomic mass is 9.98. The normalized spacial score (nSPS) is 34.1. The molecule has 0 radical (unpaired) electrons. The van der Waals surface area contributed by atoms with Gasteiger partial charge in [0.05, 0.1) is 5.54 Å². The third kappa shape index (κ3) is 1.70. The molecular weight excluding hydrogens is 268 g/mol. The Labute approximate surface area is 124 Å². The van der Waals surface area contributed by atoms with Crippen LogP contribution < -0.4 is 5.32 Å². The van der Waals surface area contributed by atoms with Gasteiger partial charge in [-0.25, -0.2) is 0 Å². The maximum absolute atomic E-state index is 13.1. The van der Waals surface area contributed by atoms with Crippen LogP contribution in [-0.4, -0.2) is 22.4 Å². The van der Waals surface area contributed by atoms with E-state index in [-0.39, 0.29) is 17.1 Å². The number of nitrogens with zero attached hydrogens (tertiary/aromatic N) is 1. The molecule has 1 spiro atoms. The summed E-state index contributed by atoms with van der Waals surface area (Å²) in [6.45, 7) is 4.55. The summed E-state index contributed by atoms with van der Waals surface area (Å²) in [5.74, 6) is 0.365. The van der Waals surface area contributed by atoms with E-state index in [9.17, 15) is 4.79 Å². The van der Waals surface area contributed by atoms with Crippen molar-refractivity contribution in [3.63, 3.8) is 0 Å². The van der Waals surface area contributed by atoms with Gasteiger partial charge in [0.2, 0.25) is 5.91 Å². The minimum absolute atomic E-state index is 0.104. The molecule has 2 heterocycles. The van der Waals surface area contributed by atoms with Crippen LogP contribution in [0.2, 0.25) is 0 Å². The second-order valence-corrected chi connectivity index (χ2v) is 8.25. The molecule has 1 aromatic heterocycles. The lowest BCUT2D eigenvalue weighted by molar-refractivity contribution is -0.134. The van der Waals surface area contributed by atoms with Gasteiger partial charge in [0, 0.05) is 10.9 Å². The van der Waals surface area contributed by atoms with Crippen molar-refractivity contribution in [2.75, 3.05) is 0 Å². The van der Waals surface area contributed by atoms with Gasteiger partial charge in [-0.05, 0) is 36.1 Å². The Morgan fingerprint density at radius 2 is 2.05 bits per heavy atom. The van der Waals surface area contributed by atoms with E-state index < -0.39 is 0 Å². The topological polar surface area (TPSA) is 32.3 Å². The largest absolute Gasteiger partial charge is 0.317 e. The first kappa shape index (κ1) is 12.8. The molecule has 2 unspecified atom stereocenters. The Balaban J connectivity index is 1.71.